The molecule has 2 aromatic carbocycles. The Kier molecular flexibility index (Phi) is 5.37. The number of aliphatic hydroxyl groups is 1. The Balaban J connectivity index is 1.81. The number of ether oxygens (including phenoxy) is 3. The lowest BCUT2D eigenvalue weighted by Gasteiger charge is -2.53. The summed E-state index contributed by atoms with van der Waals surface area (Å²) in [5.41, 5.74) is 0.659. The van der Waals surface area contributed by atoms with E-state index in [2.05, 4.69) is 0 Å². The quantitative estimate of drug-likeness (QED) is 0.754. The summed E-state index contributed by atoms with van der Waals surface area (Å²) < 4.78 is 17.7. The molecule has 0 amide bonds. The molecule has 5 atom stereocenters. The van der Waals surface area contributed by atoms with E-state index in [1.54, 1.807) is 7.11 Å². The van der Waals surface area contributed by atoms with Crippen molar-refractivity contribution in [3.63, 3.8) is 0 Å². The number of hydrogen-bond acceptors (Lipinski definition) is 5. The maximum atomic E-state index is 13.0. The van der Waals surface area contributed by atoms with Crippen molar-refractivity contribution >= 4 is 5.97 Å². The molecule has 1 saturated heterocycles. The van der Waals surface area contributed by atoms with Crippen LogP contribution < -0.4 is 4.74 Å². The molecule has 2 fully saturated rings. The largest absolute Gasteiger partial charge is 0.497 e. The van der Waals surface area contributed by atoms with Gasteiger partial charge in [-0.15, -0.1) is 0 Å². The molecule has 1 saturated carbocycles. The van der Waals surface area contributed by atoms with Crippen LogP contribution in [0, 0.1) is 11.3 Å². The van der Waals surface area contributed by atoms with Gasteiger partial charge in [-0.25, -0.2) is 0 Å². The number of benzene rings is 2. The zero-order valence-corrected chi connectivity index (χ0v) is 18.0. The number of esters is 1. The number of carbonyl (C=O) groups excluding carboxylic acids is 1. The highest BCUT2D eigenvalue weighted by Gasteiger charge is 2.67. The van der Waals surface area contributed by atoms with Crippen molar-refractivity contribution in [2.75, 3.05) is 13.7 Å². The van der Waals surface area contributed by atoms with Gasteiger partial charge in [-0.05, 0) is 30.2 Å². The number of cyclic esters (lactones) is 1. The third-order valence-electron chi connectivity index (χ3n) is 7.06. The monoisotopic (exact) mass is 410 g/mol. The second-order valence-corrected chi connectivity index (χ2v) is 9.06. The smallest absolute Gasteiger partial charge is 0.310 e. The summed E-state index contributed by atoms with van der Waals surface area (Å²) in [5.74, 6) is -0.0740. The second-order valence-electron chi connectivity index (χ2n) is 9.06. The molecule has 0 unspecified atom stereocenters. The van der Waals surface area contributed by atoms with Crippen LogP contribution in [-0.2, 0) is 19.7 Å². The fourth-order valence-electron chi connectivity index (χ4n) is 5.30. The lowest BCUT2D eigenvalue weighted by Crippen LogP contribution is -2.61. The molecule has 1 aliphatic carbocycles. The molecule has 160 valence electrons. The van der Waals surface area contributed by atoms with Gasteiger partial charge >= 0.3 is 5.97 Å². The molecule has 2 aliphatic rings. The van der Waals surface area contributed by atoms with E-state index in [1.165, 1.54) is 0 Å². The van der Waals surface area contributed by atoms with Gasteiger partial charge in [0, 0.05) is 11.8 Å². The maximum absolute atomic E-state index is 13.0. The van der Waals surface area contributed by atoms with Crippen molar-refractivity contribution in [2.24, 2.45) is 11.3 Å². The number of rotatable bonds is 5. The second kappa shape index (κ2) is 7.71. The van der Waals surface area contributed by atoms with Gasteiger partial charge in [0.25, 0.3) is 0 Å². The summed E-state index contributed by atoms with van der Waals surface area (Å²) in [6.45, 7) is 6.13. The fraction of sp³-hybridized carbons (Fsp3) is 0.480. The first-order valence-corrected chi connectivity index (χ1v) is 10.5. The summed E-state index contributed by atoms with van der Waals surface area (Å²) in [4.78, 5) is 13.0. The average Bonchev–Trinajstić information content (AvgIpc) is 3.12. The Morgan fingerprint density at radius 1 is 1.13 bits per heavy atom. The van der Waals surface area contributed by atoms with Crippen LogP contribution in [0.5, 0.6) is 5.75 Å². The Bertz CT molecular complexity index is 909. The van der Waals surface area contributed by atoms with Crippen molar-refractivity contribution in [1.29, 1.82) is 0 Å². The summed E-state index contributed by atoms with van der Waals surface area (Å²) in [6, 6.07) is 17.8. The third kappa shape index (κ3) is 3.21. The Morgan fingerprint density at radius 2 is 1.87 bits per heavy atom. The van der Waals surface area contributed by atoms with Gasteiger partial charge in [0.05, 0.1) is 36.8 Å². The number of fused-ring (bicyclic) bond motifs is 1. The Hall–Kier alpha value is -2.37. The lowest BCUT2D eigenvalue weighted by molar-refractivity contribution is -0.166. The number of hydrogen-bond donors (Lipinski definition) is 1. The van der Waals surface area contributed by atoms with E-state index in [4.69, 9.17) is 14.2 Å². The van der Waals surface area contributed by atoms with Gasteiger partial charge < -0.3 is 19.3 Å². The van der Waals surface area contributed by atoms with Gasteiger partial charge in [-0.3, -0.25) is 4.79 Å². The van der Waals surface area contributed by atoms with Crippen LogP contribution in [0.15, 0.2) is 54.6 Å². The normalized spacial score (nSPS) is 31.0. The zero-order valence-electron chi connectivity index (χ0n) is 18.0. The minimum absolute atomic E-state index is 0.191. The van der Waals surface area contributed by atoms with Crippen LogP contribution in [0.2, 0.25) is 0 Å². The van der Waals surface area contributed by atoms with E-state index in [0.29, 0.717) is 6.42 Å². The predicted molar refractivity (Wildman–Crippen MR) is 113 cm³/mol. The molecule has 30 heavy (non-hydrogen) atoms. The highest BCUT2D eigenvalue weighted by molar-refractivity contribution is 5.79. The minimum Gasteiger partial charge on any atom is -0.497 e. The molecule has 0 spiro atoms. The maximum Gasteiger partial charge on any atom is 0.310 e. The summed E-state index contributed by atoms with van der Waals surface area (Å²) in [6.07, 6.45) is -0.836. The standard InChI is InChI=1S/C25H30O5/c1-16(17-9-6-5-7-10-17)30-21-14-20(26)24(2,3)22-23(27)29-15-25(21,22)18-11-8-12-19(13-18)28-4/h5-13,16,20-22,26H,14-15H2,1-4H3/t16-,20+,21-,22+,25+/m0/s1. The van der Waals surface area contributed by atoms with Gasteiger partial charge in [0.15, 0.2) is 0 Å². The number of methoxy groups -OCH3 is 1. The van der Waals surface area contributed by atoms with Crippen molar-refractivity contribution < 1.29 is 24.1 Å². The van der Waals surface area contributed by atoms with E-state index in [-0.39, 0.29) is 24.8 Å². The van der Waals surface area contributed by atoms with Crippen LogP contribution in [0.3, 0.4) is 0 Å². The topological polar surface area (TPSA) is 65.0 Å². The molecule has 0 bridgehead atoms. The first-order valence-electron chi connectivity index (χ1n) is 10.5. The summed E-state index contributed by atoms with van der Waals surface area (Å²) in [5, 5.41) is 11.0. The van der Waals surface area contributed by atoms with Crippen molar-refractivity contribution in [3.05, 3.63) is 65.7 Å². The Labute approximate surface area is 178 Å². The molecule has 1 heterocycles. The molecule has 5 heteroatoms. The van der Waals surface area contributed by atoms with Crippen molar-refractivity contribution in [2.45, 2.75) is 50.9 Å². The average molecular weight is 411 g/mol. The van der Waals surface area contributed by atoms with E-state index in [9.17, 15) is 9.90 Å². The molecular formula is C25H30O5. The molecular weight excluding hydrogens is 380 g/mol. The van der Waals surface area contributed by atoms with Gasteiger partial charge in [0.2, 0.25) is 0 Å². The molecule has 4 rings (SSSR count). The number of aliphatic hydroxyl groups excluding tert-OH is 1. The number of carbonyl (C=O) groups is 1. The molecule has 0 radical (unpaired) electrons. The van der Waals surface area contributed by atoms with Gasteiger partial charge in [-0.2, -0.15) is 0 Å². The fourth-order valence-corrected chi connectivity index (χ4v) is 5.30. The van der Waals surface area contributed by atoms with Crippen molar-refractivity contribution in [3.8, 4) is 5.75 Å². The molecule has 0 aromatic heterocycles. The summed E-state index contributed by atoms with van der Waals surface area (Å²) in [7, 11) is 1.63. The van der Waals surface area contributed by atoms with Crippen LogP contribution in [0.4, 0.5) is 0 Å². The first kappa shape index (κ1) is 20.9. The Morgan fingerprint density at radius 3 is 2.57 bits per heavy atom. The van der Waals surface area contributed by atoms with Gasteiger partial charge in [-0.1, -0.05) is 56.3 Å². The van der Waals surface area contributed by atoms with E-state index >= 15 is 0 Å². The summed E-state index contributed by atoms with van der Waals surface area (Å²) >= 11 is 0. The first-order chi connectivity index (χ1) is 14.3. The van der Waals surface area contributed by atoms with Crippen LogP contribution in [-0.4, -0.2) is 37.0 Å². The molecule has 2 aromatic rings. The highest BCUT2D eigenvalue weighted by atomic mass is 16.5. The van der Waals surface area contributed by atoms with Crippen LogP contribution in [0.1, 0.15) is 44.4 Å². The zero-order chi connectivity index (χ0) is 21.5. The molecule has 5 nitrogen and oxygen atoms in total. The van der Waals surface area contributed by atoms with Crippen molar-refractivity contribution in [1.82, 2.24) is 0 Å². The van der Waals surface area contributed by atoms with Crippen LogP contribution in [0.25, 0.3) is 0 Å². The van der Waals surface area contributed by atoms with Crippen LogP contribution >= 0.6 is 0 Å². The lowest BCUT2D eigenvalue weighted by atomic mass is 9.52. The molecule has 1 N–H and O–H groups in total. The highest BCUT2D eigenvalue weighted by Crippen LogP contribution is 2.57. The van der Waals surface area contributed by atoms with E-state index in [1.807, 2.05) is 75.4 Å². The third-order valence-corrected chi connectivity index (χ3v) is 7.06. The predicted octanol–water partition coefficient (Wildman–Crippen LogP) is 4.04. The molecule has 1 aliphatic heterocycles. The minimum atomic E-state index is -0.697. The van der Waals surface area contributed by atoms with E-state index in [0.717, 1.165) is 16.9 Å². The SMILES string of the molecule is COc1cccc([C@@]23COC(=O)[C@@H]2C(C)(C)[C@H](O)C[C@@H]3O[C@@H](C)c2ccccc2)c1. The van der Waals surface area contributed by atoms with Gasteiger partial charge in [0.1, 0.15) is 12.4 Å². The van der Waals surface area contributed by atoms with E-state index < -0.39 is 22.9 Å².